The lowest BCUT2D eigenvalue weighted by molar-refractivity contribution is 0.626. The fourth-order valence-corrected chi connectivity index (χ4v) is 2.24. The van der Waals surface area contributed by atoms with E-state index in [9.17, 15) is 4.39 Å². The van der Waals surface area contributed by atoms with Gasteiger partial charge in [0, 0.05) is 18.3 Å². The zero-order chi connectivity index (χ0) is 17.5. The normalized spacial score (nSPS) is 10.8. The van der Waals surface area contributed by atoms with Crippen LogP contribution in [0.15, 0.2) is 72.1 Å². The van der Waals surface area contributed by atoms with Crippen LogP contribution in [0, 0.1) is 5.82 Å². The average Bonchev–Trinajstić information content (AvgIpc) is 3.11. The average molecular weight is 353 g/mol. The van der Waals surface area contributed by atoms with Crippen LogP contribution in [0.2, 0.25) is 0 Å². The van der Waals surface area contributed by atoms with E-state index >= 15 is 0 Å². The molecule has 3 rings (SSSR count). The molecule has 0 aliphatic carbocycles. The van der Waals surface area contributed by atoms with Crippen LogP contribution in [-0.4, -0.2) is 21.1 Å². The monoisotopic (exact) mass is 353 g/mol. The molecule has 0 fully saturated rings. The van der Waals surface area contributed by atoms with E-state index < -0.39 is 0 Å². The maximum Gasteiger partial charge on any atom is 0.187 e. The van der Waals surface area contributed by atoms with E-state index in [0.29, 0.717) is 11.7 Å². The summed E-state index contributed by atoms with van der Waals surface area (Å²) in [5, 5.41) is 11.8. The highest BCUT2D eigenvalue weighted by Gasteiger charge is 1.99. The minimum Gasteiger partial charge on any atom is -0.357 e. The number of rotatable bonds is 5. The Morgan fingerprint density at radius 1 is 1.16 bits per heavy atom. The van der Waals surface area contributed by atoms with Gasteiger partial charge in [-0.15, -0.1) is 0 Å². The Balaban J connectivity index is 1.48. The first kappa shape index (κ1) is 16.8. The third kappa shape index (κ3) is 4.95. The van der Waals surface area contributed by atoms with Gasteiger partial charge in [-0.25, -0.2) is 9.07 Å². The molecule has 0 aliphatic heterocycles. The third-order valence-electron chi connectivity index (χ3n) is 3.37. The molecule has 2 N–H and O–H groups in total. The lowest BCUT2D eigenvalue weighted by atomic mass is 10.2. The summed E-state index contributed by atoms with van der Waals surface area (Å²) in [5.74, 6) is -0.259. The van der Waals surface area contributed by atoms with Gasteiger partial charge in [0.15, 0.2) is 5.11 Å². The molecule has 25 heavy (non-hydrogen) atoms. The molecular formula is C18H16FN5S. The summed E-state index contributed by atoms with van der Waals surface area (Å²) < 4.78 is 14.6. The van der Waals surface area contributed by atoms with E-state index in [1.807, 2.05) is 36.5 Å². The highest BCUT2D eigenvalue weighted by atomic mass is 32.1. The van der Waals surface area contributed by atoms with Crippen molar-refractivity contribution in [3.05, 3.63) is 83.9 Å². The second kappa shape index (κ2) is 8.16. The van der Waals surface area contributed by atoms with E-state index in [2.05, 4.69) is 20.9 Å². The summed E-state index contributed by atoms with van der Waals surface area (Å²) >= 11 is 5.15. The molecule has 0 radical (unpaired) electrons. The topological polar surface area (TPSA) is 54.2 Å². The van der Waals surface area contributed by atoms with E-state index in [4.69, 9.17) is 12.2 Å². The molecule has 0 amide bonds. The summed E-state index contributed by atoms with van der Waals surface area (Å²) in [6, 6.07) is 16.0. The fraction of sp³-hybridized carbons (Fsp3) is 0.0556. The van der Waals surface area contributed by atoms with Crippen LogP contribution < -0.4 is 10.7 Å². The zero-order valence-electron chi connectivity index (χ0n) is 13.3. The number of nitrogens with zero attached hydrogens (tertiary/aromatic N) is 3. The molecule has 2 aromatic carbocycles. The molecule has 3 aromatic rings. The fourth-order valence-electron chi connectivity index (χ4n) is 2.11. The maximum atomic E-state index is 12.8. The number of thiocarbonyl (C=S) groups is 1. The molecule has 7 heteroatoms. The minimum atomic E-state index is -0.259. The first-order chi connectivity index (χ1) is 12.2. The van der Waals surface area contributed by atoms with Gasteiger partial charge in [0.2, 0.25) is 0 Å². The lowest BCUT2D eigenvalue weighted by Crippen LogP contribution is -2.31. The molecular weight excluding hydrogens is 337 g/mol. The molecule has 0 aliphatic rings. The summed E-state index contributed by atoms with van der Waals surface area (Å²) in [5.41, 5.74) is 5.49. The molecule has 0 bridgehead atoms. The number of halogens is 1. The van der Waals surface area contributed by atoms with Crippen molar-refractivity contribution in [3.63, 3.8) is 0 Å². The van der Waals surface area contributed by atoms with Crippen molar-refractivity contribution < 1.29 is 4.39 Å². The quantitative estimate of drug-likeness (QED) is 0.421. The van der Waals surface area contributed by atoms with Crippen molar-refractivity contribution in [1.29, 1.82) is 0 Å². The maximum absolute atomic E-state index is 12.8. The summed E-state index contributed by atoms with van der Waals surface area (Å²) in [6.45, 7) is 0.494. The largest absolute Gasteiger partial charge is 0.357 e. The standard InChI is InChI=1S/C18H16FN5S/c19-16-8-6-14(7-9-16)10-20-18(25)23-21-11-15-12-22-24(13-15)17-4-2-1-3-5-17/h1-9,11-13H,10H2,(H2,20,23,25)/b21-11-. The van der Waals surface area contributed by atoms with Gasteiger partial charge in [-0.05, 0) is 42.0 Å². The lowest BCUT2D eigenvalue weighted by Gasteiger charge is -2.06. The van der Waals surface area contributed by atoms with Crippen molar-refractivity contribution in [2.45, 2.75) is 6.54 Å². The molecule has 5 nitrogen and oxygen atoms in total. The number of aromatic nitrogens is 2. The van der Waals surface area contributed by atoms with Crippen LogP contribution >= 0.6 is 12.2 Å². The first-order valence-electron chi connectivity index (χ1n) is 7.62. The Labute approximate surface area is 150 Å². The summed E-state index contributed by atoms with van der Waals surface area (Å²) in [7, 11) is 0. The Kier molecular flexibility index (Phi) is 5.48. The zero-order valence-corrected chi connectivity index (χ0v) is 14.1. The molecule has 0 spiro atoms. The Bertz CT molecular complexity index is 859. The van der Waals surface area contributed by atoms with Crippen LogP contribution in [0.3, 0.4) is 0 Å². The highest BCUT2D eigenvalue weighted by molar-refractivity contribution is 7.80. The molecule has 1 heterocycles. The first-order valence-corrected chi connectivity index (χ1v) is 8.03. The number of hydrazone groups is 1. The van der Waals surface area contributed by atoms with Crippen molar-refractivity contribution in [1.82, 2.24) is 20.5 Å². The van der Waals surface area contributed by atoms with Gasteiger partial charge in [-0.2, -0.15) is 10.2 Å². The van der Waals surface area contributed by atoms with E-state index in [0.717, 1.165) is 16.8 Å². The van der Waals surface area contributed by atoms with Crippen LogP contribution in [0.4, 0.5) is 4.39 Å². The third-order valence-corrected chi connectivity index (χ3v) is 3.60. The SMILES string of the molecule is Fc1ccc(CNC(=S)N/N=C\c2cnn(-c3ccccc3)c2)cc1. The molecule has 126 valence electrons. The number of hydrogen-bond donors (Lipinski definition) is 2. The Hall–Kier alpha value is -3.06. The Morgan fingerprint density at radius 2 is 1.92 bits per heavy atom. The highest BCUT2D eigenvalue weighted by Crippen LogP contribution is 2.06. The number of hydrogen-bond acceptors (Lipinski definition) is 3. The van der Waals surface area contributed by atoms with Gasteiger partial charge in [-0.1, -0.05) is 30.3 Å². The van der Waals surface area contributed by atoms with Crippen molar-refractivity contribution in [2.75, 3.05) is 0 Å². The summed E-state index contributed by atoms with van der Waals surface area (Å²) in [6.07, 6.45) is 5.22. The second-order valence-corrected chi connectivity index (χ2v) is 5.64. The van der Waals surface area contributed by atoms with Gasteiger partial charge < -0.3 is 5.32 Å². The van der Waals surface area contributed by atoms with Gasteiger partial charge >= 0.3 is 0 Å². The molecule has 0 atom stereocenters. The molecule has 0 saturated heterocycles. The van der Waals surface area contributed by atoms with Crippen LogP contribution in [0.5, 0.6) is 0 Å². The van der Waals surface area contributed by atoms with Crippen molar-refractivity contribution in [2.24, 2.45) is 5.10 Å². The molecule has 1 aromatic heterocycles. The minimum absolute atomic E-state index is 0.259. The predicted octanol–water partition coefficient (Wildman–Crippen LogP) is 3.01. The molecule has 0 saturated carbocycles. The van der Waals surface area contributed by atoms with Crippen molar-refractivity contribution >= 4 is 23.5 Å². The van der Waals surface area contributed by atoms with Gasteiger partial charge in [0.1, 0.15) is 5.82 Å². The van der Waals surface area contributed by atoms with E-state index in [1.165, 1.54) is 12.1 Å². The van der Waals surface area contributed by atoms with Gasteiger partial charge in [-0.3, -0.25) is 5.43 Å². The molecule has 0 unspecified atom stereocenters. The summed E-state index contributed by atoms with van der Waals surface area (Å²) in [4.78, 5) is 0. The predicted molar refractivity (Wildman–Crippen MR) is 100 cm³/mol. The number of para-hydroxylation sites is 1. The van der Waals surface area contributed by atoms with Crippen molar-refractivity contribution in [3.8, 4) is 5.69 Å². The van der Waals surface area contributed by atoms with Gasteiger partial charge in [0.05, 0.1) is 18.1 Å². The van der Waals surface area contributed by atoms with Gasteiger partial charge in [0.25, 0.3) is 0 Å². The second-order valence-electron chi connectivity index (χ2n) is 5.23. The van der Waals surface area contributed by atoms with Crippen LogP contribution in [0.25, 0.3) is 5.69 Å². The number of benzene rings is 2. The van der Waals surface area contributed by atoms with E-state index in [-0.39, 0.29) is 5.82 Å². The number of nitrogens with one attached hydrogen (secondary N) is 2. The van der Waals surface area contributed by atoms with Crippen LogP contribution in [-0.2, 0) is 6.54 Å². The van der Waals surface area contributed by atoms with E-state index in [1.54, 1.807) is 29.2 Å². The van der Waals surface area contributed by atoms with Crippen LogP contribution in [0.1, 0.15) is 11.1 Å². The Morgan fingerprint density at radius 3 is 2.68 bits per heavy atom. The smallest absolute Gasteiger partial charge is 0.187 e.